The molecule has 1 atom stereocenters. The molecule has 0 radical (unpaired) electrons. The van der Waals surface area contributed by atoms with Gasteiger partial charge in [0.2, 0.25) is 0 Å². The summed E-state index contributed by atoms with van der Waals surface area (Å²) >= 11 is 0. The van der Waals surface area contributed by atoms with Crippen LogP contribution in [-0.4, -0.2) is 25.2 Å². The number of ether oxygens (including phenoxy) is 1. The van der Waals surface area contributed by atoms with Crippen molar-refractivity contribution in [1.29, 1.82) is 0 Å². The lowest BCUT2D eigenvalue weighted by molar-refractivity contribution is -0.148. The van der Waals surface area contributed by atoms with Crippen LogP contribution in [0, 0.1) is 0 Å². The van der Waals surface area contributed by atoms with Crippen LogP contribution >= 0.6 is 0 Å². The topological polar surface area (TPSA) is 38.3 Å². The van der Waals surface area contributed by atoms with Crippen molar-refractivity contribution in [3.8, 4) is 0 Å². The average Bonchev–Trinajstić information content (AvgIpc) is 2.80. The van der Waals surface area contributed by atoms with Crippen molar-refractivity contribution in [2.45, 2.75) is 70.8 Å². The minimum absolute atomic E-state index is 0.00717. The van der Waals surface area contributed by atoms with Crippen molar-refractivity contribution in [1.82, 2.24) is 5.32 Å². The molecule has 1 unspecified atom stereocenters. The summed E-state index contributed by atoms with van der Waals surface area (Å²) in [7, 11) is 0. The molecule has 0 spiro atoms. The summed E-state index contributed by atoms with van der Waals surface area (Å²) in [6.07, 6.45) is 10.4. The fraction of sp³-hybridized carbons (Fsp3) is 0.929. The smallest absolute Gasteiger partial charge is 0.306 e. The third-order valence-corrected chi connectivity index (χ3v) is 3.30. The second kappa shape index (κ2) is 9.46. The van der Waals surface area contributed by atoms with E-state index in [0.29, 0.717) is 6.42 Å². The summed E-state index contributed by atoms with van der Waals surface area (Å²) in [5.74, 6) is -0.00717. The summed E-state index contributed by atoms with van der Waals surface area (Å²) in [6.45, 7) is 4.05. The molecule has 0 saturated carbocycles. The Balaban J connectivity index is 1.86. The minimum Gasteiger partial charge on any atom is -0.461 e. The highest BCUT2D eigenvalue weighted by Gasteiger charge is 2.18. The molecule has 1 heterocycles. The Labute approximate surface area is 105 Å². The summed E-state index contributed by atoms with van der Waals surface area (Å²) in [5, 5.41) is 3.20. The van der Waals surface area contributed by atoms with E-state index in [-0.39, 0.29) is 12.1 Å². The molecule has 0 bridgehead atoms. The van der Waals surface area contributed by atoms with E-state index in [2.05, 4.69) is 12.2 Å². The van der Waals surface area contributed by atoms with Crippen molar-refractivity contribution < 1.29 is 9.53 Å². The summed E-state index contributed by atoms with van der Waals surface area (Å²) < 4.78 is 5.35. The predicted octanol–water partition coefficient (Wildman–Crippen LogP) is 3.03. The van der Waals surface area contributed by atoms with Crippen molar-refractivity contribution in [2.75, 3.05) is 13.1 Å². The third-order valence-electron chi connectivity index (χ3n) is 3.30. The molecule has 3 nitrogen and oxygen atoms in total. The fourth-order valence-corrected chi connectivity index (χ4v) is 2.20. The maximum Gasteiger partial charge on any atom is 0.306 e. The zero-order chi connectivity index (χ0) is 12.3. The monoisotopic (exact) mass is 241 g/mol. The first-order chi connectivity index (χ1) is 8.33. The Morgan fingerprint density at radius 1 is 1.18 bits per heavy atom. The number of rotatable bonds is 9. The zero-order valence-electron chi connectivity index (χ0n) is 11.2. The van der Waals surface area contributed by atoms with Gasteiger partial charge in [-0.2, -0.15) is 0 Å². The van der Waals surface area contributed by atoms with Gasteiger partial charge in [0.05, 0.1) is 0 Å². The molecule has 1 saturated heterocycles. The van der Waals surface area contributed by atoms with Gasteiger partial charge in [-0.3, -0.25) is 4.79 Å². The van der Waals surface area contributed by atoms with Crippen LogP contribution in [-0.2, 0) is 9.53 Å². The van der Waals surface area contributed by atoms with Crippen molar-refractivity contribution in [3.63, 3.8) is 0 Å². The average molecular weight is 241 g/mol. The minimum atomic E-state index is -0.00717. The van der Waals surface area contributed by atoms with E-state index < -0.39 is 0 Å². The second-order valence-electron chi connectivity index (χ2n) is 4.98. The molecular weight excluding hydrogens is 214 g/mol. The molecule has 0 aromatic carbocycles. The lowest BCUT2D eigenvalue weighted by Crippen LogP contribution is -2.20. The SMILES string of the molecule is CCCCCCCCCC(=O)OC1CCNC1. The van der Waals surface area contributed by atoms with E-state index in [0.717, 1.165) is 25.9 Å². The Morgan fingerprint density at radius 2 is 1.88 bits per heavy atom. The predicted molar refractivity (Wildman–Crippen MR) is 70.0 cm³/mol. The molecule has 1 N–H and O–H groups in total. The maximum atomic E-state index is 11.5. The van der Waals surface area contributed by atoms with Gasteiger partial charge in [0.25, 0.3) is 0 Å². The summed E-state index contributed by atoms with van der Waals surface area (Å²) in [5.41, 5.74) is 0. The van der Waals surface area contributed by atoms with Gasteiger partial charge in [0.1, 0.15) is 6.10 Å². The first-order valence-electron chi connectivity index (χ1n) is 7.23. The van der Waals surface area contributed by atoms with Gasteiger partial charge >= 0.3 is 5.97 Å². The molecule has 1 fully saturated rings. The van der Waals surface area contributed by atoms with Gasteiger partial charge in [-0.25, -0.2) is 0 Å². The van der Waals surface area contributed by atoms with E-state index in [1.54, 1.807) is 0 Å². The van der Waals surface area contributed by atoms with E-state index in [4.69, 9.17) is 4.74 Å². The van der Waals surface area contributed by atoms with Gasteiger partial charge in [-0.1, -0.05) is 45.4 Å². The molecule has 0 aromatic heterocycles. The maximum absolute atomic E-state index is 11.5. The molecular formula is C14H27NO2. The summed E-state index contributed by atoms with van der Waals surface area (Å²) in [4.78, 5) is 11.5. The number of carbonyl (C=O) groups excluding carboxylic acids is 1. The molecule has 17 heavy (non-hydrogen) atoms. The van der Waals surface area contributed by atoms with Crippen LogP contribution in [0.15, 0.2) is 0 Å². The first-order valence-corrected chi connectivity index (χ1v) is 7.23. The molecule has 0 aliphatic carbocycles. The standard InChI is InChI=1S/C14H27NO2/c1-2-3-4-5-6-7-8-9-14(16)17-13-10-11-15-12-13/h13,15H,2-12H2,1H3. The van der Waals surface area contributed by atoms with Crippen LogP contribution in [0.25, 0.3) is 0 Å². The van der Waals surface area contributed by atoms with Gasteiger partial charge in [-0.15, -0.1) is 0 Å². The van der Waals surface area contributed by atoms with Crippen LogP contribution in [0.2, 0.25) is 0 Å². The van der Waals surface area contributed by atoms with Crippen molar-refractivity contribution in [3.05, 3.63) is 0 Å². The fourth-order valence-electron chi connectivity index (χ4n) is 2.20. The van der Waals surface area contributed by atoms with Gasteiger partial charge in [-0.05, 0) is 19.4 Å². The number of unbranched alkanes of at least 4 members (excludes halogenated alkanes) is 6. The number of esters is 1. The molecule has 0 amide bonds. The Kier molecular flexibility index (Phi) is 8.06. The van der Waals surface area contributed by atoms with Crippen LogP contribution in [0.1, 0.15) is 64.7 Å². The van der Waals surface area contributed by atoms with Gasteiger partial charge in [0.15, 0.2) is 0 Å². The second-order valence-corrected chi connectivity index (χ2v) is 4.98. The first kappa shape index (κ1) is 14.5. The molecule has 100 valence electrons. The largest absolute Gasteiger partial charge is 0.461 e. The normalized spacial score (nSPS) is 19.5. The van der Waals surface area contributed by atoms with Crippen LogP contribution in [0.5, 0.6) is 0 Å². The molecule has 1 aliphatic rings. The highest BCUT2D eigenvalue weighted by Crippen LogP contribution is 2.10. The Morgan fingerprint density at radius 3 is 2.53 bits per heavy atom. The van der Waals surface area contributed by atoms with E-state index in [9.17, 15) is 4.79 Å². The van der Waals surface area contributed by atoms with Crippen LogP contribution in [0.3, 0.4) is 0 Å². The number of carbonyl (C=O) groups is 1. The lowest BCUT2D eigenvalue weighted by Gasteiger charge is -2.10. The van der Waals surface area contributed by atoms with E-state index in [1.165, 1.54) is 38.5 Å². The molecule has 0 aromatic rings. The number of hydrogen-bond acceptors (Lipinski definition) is 3. The molecule has 1 aliphatic heterocycles. The third kappa shape index (κ3) is 7.37. The summed E-state index contributed by atoms with van der Waals surface area (Å²) in [6, 6.07) is 0. The Bertz CT molecular complexity index is 200. The van der Waals surface area contributed by atoms with E-state index in [1.807, 2.05) is 0 Å². The van der Waals surface area contributed by atoms with Gasteiger partial charge < -0.3 is 10.1 Å². The van der Waals surface area contributed by atoms with Crippen LogP contribution < -0.4 is 5.32 Å². The quantitative estimate of drug-likeness (QED) is 0.498. The van der Waals surface area contributed by atoms with Crippen LogP contribution in [0.4, 0.5) is 0 Å². The highest BCUT2D eigenvalue weighted by atomic mass is 16.5. The highest BCUT2D eigenvalue weighted by molar-refractivity contribution is 5.69. The number of hydrogen-bond donors (Lipinski definition) is 1. The zero-order valence-corrected chi connectivity index (χ0v) is 11.2. The molecule has 1 rings (SSSR count). The lowest BCUT2D eigenvalue weighted by atomic mass is 10.1. The van der Waals surface area contributed by atoms with Gasteiger partial charge in [0, 0.05) is 13.0 Å². The van der Waals surface area contributed by atoms with Crippen molar-refractivity contribution >= 4 is 5.97 Å². The molecule has 3 heteroatoms. The van der Waals surface area contributed by atoms with E-state index >= 15 is 0 Å². The Hall–Kier alpha value is -0.570. The number of nitrogens with one attached hydrogen (secondary N) is 1. The van der Waals surface area contributed by atoms with Crippen molar-refractivity contribution in [2.24, 2.45) is 0 Å².